The monoisotopic (exact) mass is 447 g/mol. The van der Waals surface area contributed by atoms with Crippen LogP contribution in [0.2, 0.25) is 0 Å². The van der Waals surface area contributed by atoms with E-state index in [2.05, 4.69) is 14.9 Å². The normalized spacial score (nSPS) is 11.2. The smallest absolute Gasteiger partial charge is 0.387 e. The SMILES string of the molecule is CC(C)N(Cc1ccccc1)C(=O)CSc1nnc(-c2ccc(OC(F)F)cc2)n1N. The van der Waals surface area contributed by atoms with Gasteiger partial charge in [0.25, 0.3) is 0 Å². The van der Waals surface area contributed by atoms with Gasteiger partial charge in [-0.2, -0.15) is 8.78 Å². The molecule has 10 heteroatoms. The molecule has 31 heavy (non-hydrogen) atoms. The van der Waals surface area contributed by atoms with Crippen molar-refractivity contribution in [2.75, 3.05) is 11.6 Å². The average Bonchev–Trinajstić information content (AvgIpc) is 3.11. The quantitative estimate of drug-likeness (QED) is 0.397. The van der Waals surface area contributed by atoms with Gasteiger partial charge in [0.2, 0.25) is 11.1 Å². The van der Waals surface area contributed by atoms with Gasteiger partial charge in [-0.3, -0.25) is 4.79 Å². The molecule has 2 N–H and O–H groups in total. The number of thioether (sulfide) groups is 1. The first kappa shape index (κ1) is 22.5. The van der Waals surface area contributed by atoms with Gasteiger partial charge >= 0.3 is 6.61 Å². The molecule has 0 aliphatic heterocycles. The third-order valence-corrected chi connectivity index (χ3v) is 5.39. The number of nitrogen functional groups attached to an aromatic ring is 1. The predicted molar refractivity (Wildman–Crippen MR) is 115 cm³/mol. The summed E-state index contributed by atoms with van der Waals surface area (Å²) < 4.78 is 30.2. The maximum absolute atomic E-state index is 12.8. The minimum atomic E-state index is -2.89. The van der Waals surface area contributed by atoms with Gasteiger partial charge in [0.15, 0.2) is 5.82 Å². The summed E-state index contributed by atoms with van der Waals surface area (Å²) in [6.07, 6.45) is 0. The van der Waals surface area contributed by atoms with Gasteiger partial charge in [0.1, 0.15) is 5.75 Å². The molecule has 0 saturated carbocycles. The molecular formula is C21H23F2N5O2S. The Kier molecular flexibility index (Phi) is 7.45. The maximum Gasteiger partial charge on any atom is 0.387 e. The Morgan fingerprint density at radius 1 is 1.13 bits per heavy atom. The van der Waals surface area contributed by atoms with Crippen LogP contribution in [0.15, 0.2) is 59.8 Å². The first-order valence-electron chi connectivity index (χ1n) is 9.57. The molecule has 0 radical (unpaired) electrons. The van der Waals surface area contributed by atoms with Crippen LogP contribution < -0.4 is 10.6 Å². The first-order valence-corrected chi connectivity index (χ1v) is 10.6. The number of nitrogens with two attached hydrogens (primary N) is 1. The molecule has 0 bridgehead atoms. The van der Waals surface area contributed by atoms with Crippen LogP contribution >= 0.6 is 11.8 Å². The van der Waals surface area contributed by atoms with E-state index < -0.39 is 6.61 Å². The van der Waals surface area contributed by atoms with E-state index in [9.17, 15) is 13.6 Å². The van der Waals surface area contributed by atoms with E-state index >= 15 is 0 Å². The zero-order chi connectivity index (χ0) is 22.4. The van der Waals surface area contributed by atoms with Gasteiger partial charge in [-0.25, -0.2) is 4.68 Å². The lowest BCUT2D eigenvalue weighted by atomic mass is 10.2. The lowest BCUT2D eigenvalue weighted by Crippen LogP contribution is -2.37. The molecule has 1 aromatic heterocycles. The van der Waals surface area contributed by atoms with E-state index in [-0.39, 0.29) is 23.5 Å². The molecule has 3 aromatic rings. The molecule has 0 saturated heterocycles. The summed E-state index contributed by atoms with van der Waals surface area (Å²) in [7, 11) is 0. The highest BCUT2D eigenvalue weighted by Gasteiger charge is 2.20. The van der Waals surface area contributed by atoms with Crippen molar-refractivity contribution < 1.29 is 18.3 Å². The second-order valence-corrected chi connectivity index (χ2v) is 7.91. The standard InChI is InChI=1S/C21H23F2N5O2S/c1-14(2)27(12-15-6-4-3-5-7-15)18(29)13-31-21-26-25-19(28(21)24)16-8-10-17(11-9-16)30-20(22)23/h3-11,14,20H,12-13,24H2,1-2H3. The Balaban J connectivity index is 1.65. The number of carbonyl (C=O) groups is 1. The number of halogens is 2. The topological polar surface area (TPSA) is 86.3 Å². The zero-order valence-corrected chi connectivity index (χ0v) is 17.9. The summed E-state index contributed by atoms with van der Waals surface area (Å²) >= 11 is 1.19. The number of rotatable bonds is 9. The van der Waals surface area contributed by atoms with Gasteiger partial charge in [-0.05, 0) is 43.7 Å². The Morgan fingerprint density at radius 3 is 2.42 bits per heavy atom. The van der Waals surface area contributed by atoms with Crippen molar-refractivity contribution in [2.45, 2.75) is 38.2 Å². The molecule has 164 valence electrons. The molecular weight excluding hydrogens is 424 g/mol. The fraction of sp³-hybridized carbons (Fsp3) is 0.286. The molecule has 1 heterocycles. The molecule has 1 amide bonds. The first-order chi connectivity index (χ1) is 14.8. The predicted octanol–water partition coefficient (Wildman–Crippen LogP) is 3.79. The lowest BCUT2D eigenvalue weighted by molar-refractivity contribution is -0.130. The number of aromatic nitrogens is 3. The van der Waals surface area contributed by atoms with Crippen LogP contribution in [0, 0.1) is 0 Å². The molecule has 0 spiro atoms. The summed E-state index contributed by atoms with van der Waals surface area (Å²) in [5.74, 6) is 6.60. The van der Waals surface area contributed by atoms with Gasteiger partial charge in [0.05, 0.1) is 5.75 Å². The van der Waals surface area contributed by atoms with Gasteiger partial charge in [-0.1, -0.05) is 42.1 Å². The number of alkyl halides is 2. The van der Waals surface area contributed by atoms with Crippen LogP contribution in [-0.4, -0.2) is 44.1 Å². The molecule has 0 unspecified atom stereocenters. The Bertz CT molecular complexity index is 997. The van der Waals surface area contributed by atoms with Crippen LogP contribution in [0.5, 0.6) is 5.75 Å². The number of ether oxygens (including phenoxy) is 1. The zero-order valence-electron chi connectivity index (χ0n) is 17.1. The average molecular weight is 448 g/mol. The molecule has 0 aliphatic carbocycles. The van der Waals surface area contributed by atoms with Crippen LogP contribution in [0.25, 0.3) is 11.4 Å². The van der Waals surface area contributed by atoms with Crippen molar-refractivity contribution in [1.82, 2.24) is 19.8 Å². The number of hydrogen-bond donors (Lipinski definition) is 1. The fourth-order valence-electron chi connectivity index (χ4n) is 2.91. The van der Waals surface area contributed by atoms with Crippen molar-refractivity contribution in [3.05, 3.63) is 60.2 Å². The second-order valence-electron chi connectivity index (χ2n) is 6.97. The van der Waals surface area contributed by atoms with E-state index in [4.69, 9.17) is 5.84 Å². The van der Waals surface area contributed by atoms with Crippen LogP contribution in [0.3, 0.4) is 0 Å². The third kappa shape index (κ3) is 5.94. The minimum Gasteiger partial charge on any atom is -0.435 e. The summed E-state index contributed by atoms with van der Waals surface area (Å²) in [5.41, 5.74) is 1.64. The summed E-state index contributed by atoms with van der Waals surface area (Å²) in [6.45, 7) is 1.56. The van der Waals surface area contributed by atoms with Crippen LogP contribution in [0.1, 0.15) is 19.4 Å². The molecule has 7 nitrogen and oxygen atoms in total. The summed E-state index contributed by atoms with van der Waals surface area (Å²) in [6, 6.07) is 15.7. The van der Waals surface area contributed by atoms with E-state index in [0.29, 0.717) is 23.1 Å². The highest BCUT2D eigenvalue weighted by molar-refractivity contribution is 7.99. The largest absolute Gasteiger partial charge is 0.435 e. The maximum atomic E-state index is 12.8. The van der Waals surface area contributed by atoms with Gasteiger partial charge in [0, 0.05) is 18.2 Å². The van der Waals surface area contributed by atoms with Gasteiger partial charge in [-0.15, -0.1) is 10.2 Å². The molecule has 0 fully saturated rings. The molecule has 3 rings (SSSR count). The van der Waals surface area contributed by atoms with E-state index in [1.807, 2.05) is 44.2 Å². The number of carbonyl (C=O) groups excluding carboxylic acids is 1. The Labute approximate surface area is 183 Å². The van der Waals surface area contributed by atoms with Crippen molar-refractivity contribution in [1.29, 1.82) is 0 Å². The van der Waals surface area contributed by atoms with E-state index in [0.717, 1.165) is 5.56 Å². The number of hydrogen-bond acceptors (Lipinski definition) is 6. The second kappa shape index (κ2) is 10.3. The van der Waals surface area contributed by atoms with E-state index in [1.54, 1.807) is 17.0 Å². The Morgan fingerprint density at radius 2 is 1.81 bits per heavy atom. The summed E-state index contributed by atoms with van der Waals surface area (Å²) in [5, 5.41) is 8.48. The molecule has 2 aromatic carbocycles. The highest BCUT2D eigenvalue weighted by atomic mass is 32.2. The Hall–Kier alpha value is -3.14. The number of amides is 1. The van der Waals surface area contributed by atoms with Crippen LogP contribution in [0.4, 0.5) is 8.78 Å². The number of benzene rings is 2. The van der Waals surface area contributed by atoms with E-state index in [1.165, 1.54) is 28.6 Å². The van der Waals surface area contributed by atoms with Crippen molar-refractivity contribution in [3.8, 4) is 17.1 Å². The van der Waals surface area contributed by atoms with Crippen molar-refractivity contribution in [3.63, 3.8) is 0 Å². The highest BCUT2D eigenvalue weighted by Crippen LogP contribution is 2.25. The summed E-state index contributed by atoms with van der Waals surface area (Å²) in [4.78, 5) is 14.6. The van der Waals surface area contributed by atoms with Gasteiger partial charge < -0.3 is 15.5 Å². The lowest BCUT2D eigenvalue weighted by Gasteiger charge is -2.26. The third-order valence-electron chi connectivity index (χ3n) is 4.47. The molecule has 0 aliphatic rings. The van der Waals surface area contributed by atoms with Crippen molar-refractivity contribution in [2.24, 2.45) is 0 Å². The fourth-order valence-corrected chi connectivity index (χ4v) is 3.65. The van der Waals surface area contributed by atoms with Crippen LogP contribution in [-0.2, 0) is 11.3 Å². The number of nitrogens with zero attached hydrogens (tertiary/aromatic N) is 4. The molecule has 0 atom stereocenters. The minimum absolute atomic E-state index is 0.0357. The van der Waals surface area contributed by atoms with Crippen molar-refractivity contribution >= 4 is 17.7 Å².